The van der Waals surface area contributed by atoms with E-state index in [1.165, 1.54) is 23.8 Å². The SMILES string of the molecule is OCC1c2[nH]c3ccc(Cl)cc3c2CCN1CCCc1ccc(Cl)c(C2CC2)n1. The highest BCUT2D eigenvalue weighted by Gasteiger charge is 2.30. The molecule has 0 amide bonds. The number of fused-ring (bicyclic) bond motifs is 3. The Morgan fingerprint density at radius 2 is 2.03 bits per heavy atom. The summed E-state index contributed by atoms with van der Waals surface area (Å²) in [5.41, 5.74) is 5.73. The molecule has 0 spiro atoms. The first-order valence-electron chi connectivity index (χ1n) is 10.4. The first kappa shape index (κ1) is 19.4. The van der Waals surface area contributed by atoms with Crippen LogP contribution in [0.1, 0.15) is 53.9 Å². The molecule has 1 atom stereocenters. The molecule has 152 valence electrons. The predicted molar refractivity (Wildman–Crippen MR) is 118 cm³/mol. The maximum Gasteiger partial charge on any atom is 0.0735 e. The summed E-state index contributed by atoms with van der Waals surface area (Å²) in [6.07, 6.45) is 5.33. The number of aromatic amines is 1. The van der Waals surface area contributed by atoms with Crippen LogP contribution >= 0.6 is 23.2 Å². The lowest BCUT2D eigenvalue weighted by Gasteiger charge is -2.34. The van der Waals surface area contributed by atoms with Crippen molar-refractivity contribution in [3.8, 4) is 0 Å². The van der Waals surface area contributed by atoms with E-state index < -0.39 is 0 Å². The summed E-state index contributed by atoms with van der Waals surface area (Å²) in [6.45, 7) is 1.99. The van der Waals surface area contributed by atoms with Gasteiger partial charge >= 0.3 is 0 Å². The molecule has 2 N–H and O–H groups in total. The third-order valence-corrected chi connectivity index (χ3v) is 6.82. The Hall–Kier alpha value is -1.59. The van der Waals surface area contributed by atoms with E-state index in [4.69, 9.17) is 28.2 Å². The van der Waals surface area contributed by atoms with Gasteiger partial charge in [0, 0.05) is 39.8 Å². The molecule has 6 heteroatoms. The van der Waals surface area contributed by atoms with Crippen molar-refractivity contribution >= 4 is 34.1 Å². The summed E-state index contributed by atoms with van der Waals surface area (Å²) >= 11 is 12.5. The number of nitrogens with zero attached hydrogens (tertiary/aromatic N) is 2. The molecule has 2 aliphatic rings. The summed E-state index contributed by atoms with van der Waals surface area (Å²) in [5.74, 6) is 0.567. The molecule has 4 nitrogen and oxygen atoms in total. The number of aliphatic hydroxyl groups excluding tert-OH is 1. The smallest absolute Gasteiger partial charge is 0.0735 e. The van der Waals surface area contributed by atoms with Gasteiger partial charge in [-0.1, -0.05) is 23.2 Å². The number of aromatic nitrogens is 2. The highest BCUT2D eigenvalue weighted by atomic mass is 35.5. The number of hydrogen-bond donors (Lipinski definition) is 2. The van der Waals surface area contributed by atoms with Crippen LogP contribution in [0, 0.1) is 0 Å². The molecule has 3 heterocycles. The molecule has 0 bridgehead atoms. The van der Waals surface area contributed by atoms with Gasteiger partial charge in [0.2, 0.25) is 0 Å². The average Bonchev–Trinajstić information content (AvgIpc) is 3.50. The fourth-order valence-electron chi connectivity index (χ4n) is 4.61. The van der Waals surface area contributed by atoms with Crippen LogP contribution in [0.3, 0.4) is 0 Å². The summed E-state index contributed by atoms with van der Waals surface area (Å²) in [4.78, 5) is 10.7. The Balaban J connectivity index is 1.29. The van der Waals surface area contributed by atoms with E-state index in [1.54, 1.807) is 0 Å². The number of benzene rings is 1. The average molecular weight is 430 g/mol. The molecule has 5 rings (SSSR count). The lowest BCUT2D eigenvalue weighted by atomic mass is 9.97. The number of H-pyrrole nitrogens is 1. The number of aryl methyl sites for hydroxylation is 1. The molecule has 1 aliphatic heterocycles. The molecule has 0 saturated heterocycles. The van der Waals surface area contributed by atoms with Gasteiger partial charge in [-0.3, -0.25) is 9.88 Å². The third kappa shape index (κ3) is 3.79. The van der Waals surface area contributed by atoms with Crippen LogP contribution in [0.15, 0.2) is 30.3 Å². The summed E-state index contributed by atoms with van der Waals surface area (Å²) < 4.78 is 0. The van der Waals surface area contributed by atoms with Gasteiger partial charge in [0.1, 0.15) is 0 Å². The molecule has 2 aromatic heterocycles. The number of rotatable bonds is 6. The van der Waals surface area contributed by atoms with Crippen LogP contribution < -0.4 is 0 Å². The third-order valence-electron chi connectivity index (χ3n) is 6.27. The Kier molecular flexibility index (Phi) is 5.29. The number of pyridine rings is 1. The van der Waals surface area contributed by atoms with Crippen LogP contribution in [0.25, 0.3) is 10.9 Å². The highest BCUT2D eigenvalue weighted by molar-refractivity contribution is 6.31. The lowest BCUT2D eigenvalue weighted by Crippen LogP contribution is -2.38. The number of halogens is 2. The van der Waals surface area contributed by atoms with Crippen molar-refractivity contribution in [2.45, 2.75) is 44.1 Å². The van der Waals surface area contributed by atoms with Gasteiger partial charge in [-0.25, -0.2) is 0 Å². The number of aliphatic hydroxyl groups is 1. The molecule has 1 fully saturated rings. The zero-order valence-corrected chi connectivity index (χ0v) is 17.8. The molecule has 1 aliphatic carbocycles. The number of hydrogen-bond acceptors (Lipinski definition) is 3. The topological polar surface area (TPSA) is 52.1 Å². The van der Waals surface area contributed by atoms with E-state index in [9.17, 15) is 5.11 Å². The van der Waals surface area contributed by atoms with Crippen molar-refractivity contribution in [3.05, 3.63) is 63.0 Å². The van der Waals surface area contributed by atoms with Crippen LogP contribution in [0.2, 0.25) is 10.0 Å². The standard InChI is InChI=1S/C23H25Cl2N3O/c24-15-5-8-20-18(12-15)17-9-11-28(21(13-29)23(17)27-20)10-1-2-16-6-7-19(25)22(26-16)14-3-4-14/h5-8,12,14,21,27,29H,1-4,9-11,13H2. The van der Waals surface area contributed by atoms with E-state index in [1.807, 2.05) is 30.3 Å². The molecule has 1 saturated carbocycles. The molecule has 3 aromatic rings. The van der Waals surface area contributed by atoms with Gasteiger partial charge in [0.15, 0.2) is 0 Å². The molecule has 1 unspecified atom stereocenters. The maximum absolute atomic E-state index is 10.1. The Morgan fingerprint density at radius 1 is 1.17 bits per heavy atom. The van der Waals surface area contributed by atoms with Crippen molar-refractivity contribution < 1.29 is 5.11 Å². The second-order valence-electron chi connectivity index (χ2n) is 8.24. The molecule has 0 radical (unpaired) electrons. The minimum absolute atomic E-state index is 0.00475. The summed E-state index contributed by atoms with van der Waals surface area (Å²) in [7, 11) is 0. The van der Waals surface area contributed by atoms with E-state index in [-0.39, 0.29) is 12.6 Å². The zero-order valence-electron chi connectivity index (χ0n) is 16.3. The van der Waals surface area contributed by atoms with E-state index in [0.717, 1.165) is 65.0 Å². The van der Waals surface area contributed by atoms with Gasteiger partial charge < -0.3 is 10.1 Å². The van der Waals surface area contributed by atoms with Crippen molar-refractivity contribution in [1.82, 2.24) is 14.9 Å². The molecule has 29 heavy (non-hydrogen) atoms. The Labute approximate surface area is 180 Å². The van der Waals surface area contributed by atoms with Crippen molar-refractivity contribution in [2.24, 2.45) is 0 Å². The largest absolute Gasteiger partial charge is 0.394 e. The van der Waals surface area contributed by atoms with Gasteiger partial charge in [-0.15, -0.1) is 0 Å². The molecular weight excluding hydrogens is 405 g/mol. The van der Waals surface area contributed by atoms with Crippen LogP contribution in [0.5, 0.6) is 0 Å². The van der Waals surface area contributed by atoms with Gasteiger partial charge in [0.05, 0.1) is 23.4 Å². The quantitative estimate of drug-likeness (QED) is 0.560. The minimum Gasteiger partial charge on any atom is -0.394 e. The molecular formula is C23H25Cl2N3O. The monoisotopic (exact) mass is 429 g/mol. The number of nitrogens with one attached hydrogen (secondary N) is 1. The second-order valence-corrected chi connectivity index (χ2v) is 9.08. The van der Waals surface area contributed by atoms with E-state index >= 15 is 0 Å². The fourth-order valence-corrected chi connectivity index (χ4v) is 5.04. The highest BCUT2D eigenvalue weighted by Crippen LogP contribution is 2.42. The minimum atomic E-state index is 0.00475. The van der Waals surface area contributed by atoms with Crippen LogP contribution in [-0.4, -0.2) is 39.7 Å². The van der Waals surface area contributed by atoms with Crippen molar-refractivity contribution in [3.63, 3.8) is 0 Å². The van der Waals surface area contributed by atoms with E-state index in [0.29, 0.717) is 5.92 Å². The summed E-state index contributed by atoms with van der Waals surface area (Å²) in [6, 6.07) is 10.0. The van der Waals surface area contributed by atoms with Crippen LogP contribution in [-0.2, 0) is 12.8 Å². The fraction of sp³-hybridized carbons (Fsp3) is 0.435. The van der Waals surface area contributed by atoms with Crippen molar-refractivity contribution in [1.29, 1.82) is 0 Å². The normalized spacial score (nSPS) is 19.6. The maximum atomic E-state index is 10.1. The van der Waals surface area contributed by atoms with Gasteiger partial charge in [0.25, 0.3) is 0 Å². The van der Waals surface area contributed by atoms with Crippen LogP contribution in [0.4, 0.5) is 0 Å². The lowest BCUT2D eigenvalue weighted by molar-refractivity contribution is 0.111. The van der Waals surface area contributed by atoms with Gasteiger partial charge in [-0.2, -0.15) is 0 Å². The second kappa shape index (κ2) is 7.92. The predicted octanol–water partition coefficient (Wildman–Crippen LogP) is 5.27. The first-order chi connectivity index (χ1) is 14.1. The van der Waals surface area contributed by atoms with E-state index in [2.05, 4.69) is 9.88 Å². The van der Waals surface area contributed by atoms with Gasteiger partial charge in [-0.05, 0) is 74.5 Å². The van der Waals surface area contributed by atoms with Crippen molar-refractivity contribution in [2.75, 3.05) is 19.7 Å². The first-order valence-corrected chi connectivity index (χ1v) is 11.2. The Morgan fingerprint density at radius 3 is 2.83 bits per heavy atom. The summed E-state index contributed by atoms with van der Waals surface area (Å²) in [5, 5.41) is 12.9. The Bertz CT molecular complexity index is 1040. The molecule has 1 aromatic carbocycles. The zero-order chi connectivity index (χ0) is 20.0.